The van der Waals surface area contributed by atoms with Crippen LogP contribution in [0.5, 0.6) is 0 Å². The van der Waals surface area contributed by atoms with Crippen LogP contribution in [0, 0.1) is 11.7 Å². The van der Waals surface area contributed by atoms with Gasteiger partial charge in [-0.2, -0.15) is 5.10 Å². The van der Waals surface area contributed by atoms with Crippen LogP contribution in [0.15, 0.2) is 41.2 Å². The van der Waals surface area contributed by atoms with Crippen molar-refractivity contribution >= 4 is 11.8 Å². The van der Waals surface area contributed by atoms with Crippen LogP contribution in [0.1, 0.15) is 18.4 Å². The van der Waals surface area contributed by atoms with Gasteiger partial charge >= 0.3 is 6.03 Å². The summed E-state index contributed by atoms with van der Waals surface area (Å²) in [5.41, 5.74) is 0.506. The summed E-state index contributed by atoms with van der Waals surface area (Å²) in [6.45, 7) is 1.24. The molecule has 0 atom stereocenters. The maximum Gasteiger partial charge on any atom is 0.323 e. The second-order valence-electron chi connectivity index (χ2n) is 6.34. The first-order valence-corrected chi connectivity index (χ1v) is 8.36. The number of piperidine rings is 1. The van der Waals surface area contributed by atoms with E-state index >= 15 is 0 Å². The Hall–Kier alpha value is -2.70. The van der Waals surface area contributed by atoms with Crippen molar-refractivity contribution in [3.05, 3.63) is 58.1 Å². The average molecular weight is 344 g/mol. The van der Waals surface area contributed by atoms with Crippen LogP contribution >= 0.6 is 0 Å². The number of rotatable bonds is 3. The summed E-state index contributed by atoms with van der Waals surface area (Å²) >= 11 is 0. The largest absolute Gasteiger partial charge is 0.324 e. The molecule has 3 rings (SSSR count). The Bertz CT molecular complexity index is 813. The standard InChI is InChI=1S/C18H21FN4O2/c1-22-17(24)7-6-16(21-22)20-18(25)23-10-8-13(9-11-23)12-14-4-2-3-5-15(14)19/h2-7,13H,8-12H2,1H3,(H,20,21,25). The quantitative estimate of drug-likeness (QED) is 0.930. The summed E-state index contributed by atoms with van der Waals surface area (Å²) in [4.78, 5) is 25.4. The molecule has 2 aromatic rings. The molecule has 0 radical (unpaired) electrons. The molecular formula is C18H21FN4O2. The fourth-order valence-electron chi connectivity index (χ4n) is 3.07. The molecule has 1 aromatic heterocycles. The molecule has 6 nitrogen and oxygen atoms in total. The van der Waals surface area contributed by atoms with E-state index in [4.69, 9.17) is 0 Å². The molecule has 1 aromatic carbocycles. The number of nitrogens with one attached hydrogen (secondary N) is 1. The molecule has 2 heterocycles. The first-order chi connectivity index (χ1) is 12.0. The van der Waals surface area contributed by atoms with Gasteiger partial charge < -0.3 is 4.90 Å². The van der Waals surface area contributed by atoms with Crippen molar-refractivity contribution < 1.29 is 9.18 Å². The molecule has 25 heavy (non-hydrogen) atoms. The van der Waals surface area contributed by atoms with Crippen LogP contribution < -0.4 is 10.9 Å². The van der Waals surface area contributed by atoms with Crippen molar-refractivity contribution in [1.29, 1.82) is 0 Å². The summed E-state index contributed by atoms with van der Waals surface area (Å²) in [6.07, 6.45) is 2.37. The van der Waals surface area contributed by atoms with Crippen molar-refractivity contribution in [1.82, 2.24) is 14.7 Å². The van der Waals surface area contributed by atoms with E-state index < -0.39 is 0 Å². The zero-order valence-electron chi connectivity index (χ0n) is 14.1. The Morgan fingerprint density at radius 2 is 1.96 bits per heavy atom. The number of carbonyl (C=O) groups is 1. The molecule has 0 spiro atoms. The van der Waals surface area contributed by atoms with Crippen molar-refractivity contribution in [3.63, 3.8) is 0 Å². The Morgan fingerprint density at radius 3 is 2.64 bits per heavy atom. The highest BCUT2D eigenvalue weighted by molar-refractivity contribution is 5.88. The van der Waals surface area contributed by atoms with Gasteiger partial charge in [-0.05, 0) is 42.9 Å². The zero-order valence-corrected chi connectivity index (χ0v) is 14.1. The molecule has 132 valence electrons. The van der Waals surface area contributed by atoms with Crippen molar-refractivity contribution in [3.8, 4) is 0 Å². The van der Waals surface area contributed by atoms with Gasteiger partial charge in [-0.3, -0.25) is 10.1 Å². The molecule has 0 bridgehead atoms. The van der Waals surface area contributed by atoms with E-state index in [0.717, 1.165) is 18.4 Å². The summed E-state index contributed by atoms with van der Waals surface area (Å²) in [5, 5.41) is 6.70. The highest BCUT2D eigenvalue weighted by atomic mass is 19.1. The average Bonchev–Trinajstić information content (AvgIpc) is 2.61. The summed E-state index contributed by atoms with van der Waals surface area (Å²) in [6, 6.07) is 9.47. The first-order valence-electron chi connectivity index (χ1n) is 8.36. The number of halogens is 1. The molecular weight excluding hydrogens is 323 g/mol. The second kappa shape index (κ2) is 7.46. The van der Waals surface area contributed by atoms with Gasteiger partial charge in [0.25, 0.3) is 5.56 Å². The lowest BCUT2D eigenvalue weighted by Crippen LogP contribution is -2.41. The van der Waals surface area contributed by atoms with E-state index in [-0.39, 0.29) is 17.4 Å². The van der Waals surface area contributed by atoms with Gasteiger partial charge in [0.1, 0.15) is 5.82 Å². The van der Waals surface area contributed by atoms with Crippen LogP contribution in [0.3, 0.4) is 0 Å². The minimum absolute atomic E-state index is 0.163. The molecule has 1 fully saturated rings. The zero-order chi connectivity index (χ0) is 17.8. The molecule has 0 aliphatic carbocycles. The number of aromatic nitrogens is 2. The Morgan fingerprint density at radius 1 is 1.24 bits per heavy atom. The fourth-order valence-corrected chi connectivity index (χ4v) is 3.07. The molecule has 1 N–H and O–H groups in total. The van der Waals surface area contributed by atoms with Crippen LogP contribution in [-0.2, 0) is 13.5 Å². The number of benzene rings is 1. The van der Waals surface area contributed by atoms with E-state index in [1.807, 2.05) is 12.1 Å². The second-order valence-corrected chi connectivity index (χ2v) is 6.34. The number of aryl methyl sites for hydroxylation is 1. The van der Waals surface area contributed by atoms with Gasteiger partial charge in [-0.25, -0.2) is 13.9 Å². The predicted molar refractivity (Wildman–Crippen MR) is 92.9 cm³/mol. The molecule has 0 unspecified atom stereocenters. The lowest BCUT2D eigenvalue weighted by atomic mass is 9.90. The monoisotopic (exact) mass is 344 g/mol. The number of likely N-dealkylation sites (tertiary alicyclic amines) is 1. The number of carbonyl (C=O) groups excluding carboxylic acids is 1. The van der Waals surface area contributed by atoms with E-state index in [1.54, 1.807) is 11.0 Å². The van der Waals surface area contributed by atoms with Gasteiger partial charge in [-0.15, -0.1) is 0 Å². The lowest BCUT2D eigenvalue weighted by Gasteiger charge is -2.32. The Labute approximate surface area is 145 Å². The number of nitrogens with zero attached hydrogens (tertiary/aromatic N) is 3. The van der Waals surface area contributed by atoms with Crippen LogP contribution in [0.25, 0.3) is 0 Å². The number of urea groups is 1. The highest BCUT2D eigenvalue weighted by Gasteiger charge is 2.24. The maximum absolute atomic E-state index is 13.7. The van der Waals surface area contributed by atoms with Crippen molar-refractivity contribution in [2.24, 2.45) is 13.0 Å². The summed E-state index contributed by atoms with van der Waals surface area (Å²) < 4.78 is 14.9. The van der Waals surface area contributed by atoms with Crippen LogP contribution in [0.2, 0.25) is 0 Å². The summed E-state index contributed by atoms with van der Waals surface area (Å²) in [5.74, 6) is 0.556. The van der Waals surface area contributed by atoms with E-state index in [1.165, 1.54) is 29.9 Å². The van der Waals surface area contributed by atoms with Gasteiger partial charge in [0.2, 0.25) is 0 Å². The van der Waals surface area contributed by atoms with E-state index in [0.29, 0.717) is 31.2 Å². The number of hydrogen-bond acceptors (Lipinski definition) is 3. The first kappa shape index (κ1) is 17.1. The van der Waals surface area contributed by atoms with Gasteiger partial charge in [-0.1, -0.05) is 18.2 Å². The third-order valence-corrected chi connectivity index (χ3v) is 4.56. The van der Waals surface area contributed by atoms with Gasteiger partial charge in [0.05, 0.1) is 0 Å². The predicted octanol–water partition coefficient (Wildman–Crippen LogP) is 2.41. The molecule has 1 saturated heterocycles. The SMILES string of the molecule is Cn1nc(NC(=O)N2CCC(Cc3ccccc3F)CC2)ccc1=O. The number of anilines is 1. The fraction of sp³-hybridized carbons (Fsp3) is 0.389. The minimum Gasteiger partial charge on any atom is -0.324 e. The summed E-state index contributed by atoms with van der Waals surface area (Å²) in [7, 11) is 1.53. The van der Waals surface area contributed by atoms with Gasteiger partial charge in [0, 0.05) is 26.2 Å². The Balaban J connectivity index is 1.53. The number of amides is 2. The maximum atomic E-state index is 13.7. The topological polar surface area (TPSA) is 67.2 Å². The number of hydrogen-bond donors (Lipinski definition) is 1. The molecule has 7 heteroatoms. The van der Waals surface area contributed by atoms with Crippen molar-refractivity contribution in [2.45, 2.75) is 19.3 Å². The van der Waals surface area contributed by atoms with E-state index in [2.05, 4.69) is 10.4 Å². The van der Waals surface area contributed by atoms with Gasteiger partial charge in [0.15, 0.2) is 5.82 Å². The third kappa shape index (κ3) is 4.23. The smallest absolute Gasteiger partial charge is 0.323 e. The minimum atomic E-state index is -0.230. The molecule has 0 saturated carbocycles. The highest BCUT2D eigenvalue weighted by Crippen LogP contribution is 2.23. The van der Waals surface area contributed by atoms with Crippen LogP contribution in [0.4, 0.5) is 15.0 Å². The van der Waals surface area contributed by atoms with Crippen molar-refractivity contribution in [2.75, 3.05) is 18.4 Å². The molecule has 1 aliphatic heterocycles. The third-order valence-electron chi connectivity index (χ3n) is 4.56. The molecule has 2 amide bonds. The molecule has 1 aliphatic rings. The Kier molecular flexibility index (Phi) is 5.11. The normalized spacial score (nSPS) is 15.2. The lowest BCUT2D eigenvalue weighted by molar-refractivity contribution is 0.182. The van der Waals surface area contributed by atoms with E-state index in [9.17, 15) is 14.0 Å². The van der Waals surface area contributed by atoms with Crippen LogP contribution in [-0.4, -0.2) is 33.8 Å².